The number of hydrogen-bond donors (Lipinski definition) is 0. The molecule has 0 saturated carbocycles. The summed E-state index contributed by atoms with van der Waals surface area (Å²) in [6.45, 7) is 0. The molecule has 0 N–H and O–H groups in total. The van der Waals surface area contributed by atoms with Gasteiger partial charge in [0, 0.05) is 11.1 Å². The number of methoxy groups -OCH3 is 3. The molecule has 3 nitrogen and oxygen atoms in total. The molecule has 0 spiro atoms. The molecule has 0 aliphatic heterocycles. The van der Waals surface area contributed by atoms with Crippen molar-refractivity contribution >= 4 is 6.08 Å². The summed E-state index contributed by atoms with van der Waals surface area (Å²) >= 11 is 0. The first-order valence-corrected chi connectivity index (χ1v) is 9.03. The molecule has 0 heterocycles. The van der Waals surface area contributed by atoms with Crippen LogP contribution in [0.25, 0.3) is 6.08 Å². The minimum atomic E-state index is 0.576. The van der Waals surface area contributed by atoms with Crippen LogP contribution < -0.4 is 14.2 Å². The Balaban J connectivity index is 1.94. The zero-order valence-electron chi connectivity index (χ0n) is 16.0. The summed E-state index contributed by atoms with van der Waals surface area (Å²) in [6, 6.07) is 14.1. The Morgan fingerprint density at radius 3 is 2.22 bits per heavy atom. The Hall–Kier alpha value is -3.12. The summed E-state index contributed by atoms with van der Waals surface area (Å²) < 4.78 is 16.2. The van der Waals surface area contributed by atoms with Crippen LogP contribution >= 0.6 is 0 Å². The Labute approximate surface area is 161 Å². The summed E-state index contributed by atoms with van der Waals surface area (Å²) in [5, 5.41) is 0. The van der Waals surface area contributed by atoms with Crippen LogP contribution in [0.15, 0.2) is 59.7 Å². The summed E-state index contributed by atoms with van der Waals surface area (Å²) in [4.78, 5) is 0. The highest BCUT2D eigenvalue weighted by Crippen LogP contribution is 2.38. The van der Waals surface area contributed by atoms with Gasteiger partial charge in [0.2, 0.25) is 5.75 Å². The molecule has 0 aromatic heterocycles. The Morgan fingerprint density at radius 1 is 0.889 bits per heavy atom. The average Bonchev–Trinajstić information content (AvgIpc) is 2.73. The molecule has 0 saturated heterocycles. The van der Waals surface area contributed by atoms with Crippen LogP contribution in [-0.2, 0) is 0 Å². The van der Waals surface area contributed by atoms with E-state index >= 15 is 0 Å². The molecule has 0 radical (unpaired) electrons. The lowest BCUT2D eigenvalue weighted by Crippen LogP contribution is -1.97. The lowest BCUT2D eigenvalue weighted by molar-refractivity contribution is 0.324. The van der Waals surface area contributed by atoms with Crippen molar-refractivity contribution in [1.29, 1.82) is 0 Å². The molecule has 138 valence electrons. The molecule has 1 aliphatic carbocycles. The van der Waals surface area contributed by atoms with E-state index in [0.29, 0.717) is 17.2 Å². The number of allylic oxidation sites excluding steroid dienone is 3. The Kier molecular flexibility index (Phi) is 6.22. The van der Waals surface area contributed by atoms with Crippen LogP contribution in [0.1, 0.15) is 30.4 Å². The smallest absolute Gasteiger partial charge is 0.203 e. The molecule has 0 bridgehead atoms. The van der Waals surface area contributed by atoms with Crippen LogP contribution in [-0.4, -0.2) is 21.3 Å². The molecule has 2 aromatic carbocycles. The number of benzene rings is 2. The van der Waals surface area contributed by atoms with Gasteiger partial charge in [-0.3, -0.25) is 0 Å². The predicted octanol–water partition coefficient (Wildman–Crippen LogP) is 5.26. The first-order chi connectivity index (χ1) is 13.2. The lowest BCUT2D eigenvalue weighted by atomic mass is 9.92. The van der Waals surface area contributed by atoms with Gasteiger partial charge in [0.15, 0.2) is 11.5 Å². The SMILES string of the molecule is COc1cc(C#CC2=CCCCC2=Cc2ccccc2)cc(OC)c1OC. The normalized spacial score (nSPS) is 14.8. The third-order valence-electron chi connectivity index (χ3n) is 4.49. The second-order valence-corrected chi connectivity index (χ2v) is 6.25. The van der Waals surface area contributed by atoms with E-state index < -0.39 is 0 Å². The number of hydrogen-bond acceptors (Lipinski definition) is 3. The first-order valence-electron chi connectivity index (χ1n) is 9.03. The van der Waals surface area contributed by atoms with E-state index in [1.807, 2.05) is 18.2 Å². The molecule has 1 aliphatic rings. The Morgan fingerprint density at radius 2 is 1.59 bits per heavy atom. The van der Waals surface area contributed by atoms with E-state index in [9.17, 15) is 0 Å². The maximum absolute atomic E-state index is 5.41. The highest BCUT2D eigenvalue weighted by Gasteiger charge is 2.13. The van der Waals surface area contributed by atoms with Gasteiger partial charge in [-0.1, -0.05) is 54.3 Å². The standard InChI is InChI=1S/C24H24O3/c1-25-22-16-19(17-23(26-2)24(22)27-3)13-14-20-11-7-8-12-21(20)15-18-9-5-4-6-10-18/h4-6,9-11,15-17H,7-8,12H2,1-3H3. The van der Waals surface area contributed by atoms with Gasteiger partial charge in [-0.05, 0) is 42.5 Å². The van der Waals surface area contributed by atoms with Crippen LogP contribution in [0.2, 0.25) is 0 Å². The number of rotatable bonds is 4. The minimum Gasteiger partial charge on any atom is -0.493 e. The van der Waals surface area contributed by atoms with Crippen molar-refractivity contribution in [2.45, 2.75) is 19.3 Å². The van der Waals surface area contributed by atoms with Gasteiger partial charge < -0.3 is 14.2 Å². The summed E-state index contributed by atoms with van der Waals surface area (Å²) in [5.41, 5.74) is 4.41. The van der Waals surface area contributed by atoms with Crippen molar-refractivity contribution in [3.05, 3.63) is 70.8 Å². The van der Waals surface area contributed by atoms with E-state index in [1.54, 1.807) is 21.3 Å². The van der Waals surface area contributed by atoms with Gasteiger partial charge in [0.1, 0.15) is 0 Å². The van der Waals surface area contributed by atoms with Crippen molar-refractivity contribution in [3.8, 4) is 29.1 Å². The zero-order chi connectivity index (χ0) is 19.1. The van der Waals surface area contributed by atoms with Crippen molar-refractivity contribution in [2.24, 2.45) is 0 Å². The third-order valence-corrected chi connectivity index (χ3v) is 4.49. The van der Waals surface area contributed by atoms with Gasteiger partial charge in [0.25, 0.3) is 0 Å². The fourth-order valence-corrected chi connectivity index (χ4v) is 3.13. The largest absolute Gasteiger partial charge is 0.493 e. The van der Waals surface area contributed by atoms with Gasteiger partial charge in [-0.2, -0.15) is 0 Å². The summed E-state index contributed by atoms with van der Waals surface area (Å²) in [6.07, 6.45) is 7.72. The molecule has 3 heteroatoms. The maximum Gasteiger partial charge on any atom is 0.203 e. The fraction of sp³-hybridized carbons (Fsp3) is 0.250. The van der Waals surface area contributed by atoms with Crippen molar-refractivity contribution in [2.75, 3.05) is 21.3 Å². The minimum absolute atomic E-state index is 0.576. The van der Waals surface area contributed by atoms with Crippen LogP contribution in [0, 0.1) is 11.8 Å². The van der Waals surface area contributed by atoms with E-state index in [4.69, 9.17) is 14.2 Å². The van der Waals surface area contributed by atoms with Gasteiger partial charge in [-0.15, -0.1) is 0 Å². The van der Waals surface area contributed by atoms with Crippen LogP contribution in [0.3, 0.4) is 0 Å². The summed E-state index contributed by atoms with van der Waals surface area (Å²) in [5.74, 6) is 8.39. The van der Waals surface area contributed by atoms with Gasteiger partial charge in [-0.25, -0.2) is 0 Å². The Bertz CT molecular complexity index is 887. The highest BCUT2D eigenvalue weighted by atomic mass is 16.5. The molecule has 27 heavy (non-hydrogen) atoms. The van der Waals surface area contributed by atoms with Crippen LogP contribution in [0.4, 0.5) is 0 Å². The van der Waals surface area contributed by atoms with Crippen LogP contribution in [0.5, 0.6) is 17.2 Å². The van der Waals surface area contributed by atoms with Crippen molar-refractivity contribution in [3.63, 3.8) is 0 Å². The van der Waals surface area contributed by atoms with E-state index in [2.05, 4.69) is 48.3 Å². The third kappa shape index (κ3) is 4.54. The maximum atomic E-state index is 5.41. The highest BCUT2D eigenvalue weighted by molar-refractivity contribution is 5.64. The van der Waals surface area contributed by atoms with Gasteiger partial charge >= 0.3 is 0 Å². The van der Waals surface area contributed by atoms with E-state index in [-0.39, 0.29) is 0 Å². The first kappa shape index (κ1) is 18.7. The molecule has 0 atom stereocenters. The molecule has 2 aromatic rings. The fourth-order valence-electron chi connectivity index (χ4n) is 3.13. The van der Waals surface area contributed by atoms with E-state index in [0.717, 1.165) is 30.4 Å². The topological polar surface area (TPSA) is 27.7 Å². The quantitative estimate of drug-likeness (QED) is 0.696. The van der Waals surface area contributed by atoms with E-state index in [1.165, 1.54) is 11.1 Å². The molecule has 0 unspecified atom stereocenters. The second-order valence-electron chi connectivity index (χ2n) is 6.25. The second kappa shape index (κ2) is 9.00. The molecular formula is C24H24O3. The van der Waals surface area contributed by atoms with Gasteiger partial charge in [0.05, 0.1) is 21.3 Å². The molecular weight excluding hydrogens is 336 g/mol. The number of ether oxygens (including phenoxy) is 3. The van der Waals surface area contributed by atoms with Crippen molar-refractivity contribution < 1.29 is 14.2 Å². The molecule has 0 amide bonds. The zero-order valence-corrected chi connectivity index (χ0v) is 16.0. The summed E-state index contributed by atoms with van der Waals surface area (Å²) in [7, 11) is 4.82. The monoisotopic (exact) mass is 360 g/mol. The van der Waals surface area contributed by atoms with Crippen molar-refractivity contribution in [1.82, 2.24) is 0 Å². The molecule has 3 rings (SSSR count). The lowest BCUT2D eigenvalue weighted by Gasteiger charge is -2.13. The predicted molar refractivity (Wildman–Crippen MR) is 109 cm³/mol. The average molecular weight is 360 g/mol. The molecule has 0 fully saturated rings.